The minimum absolute atomic E-state index is 0.115. The van der Waals surface area contributed by atoms with Crippen molar-refractivity contribution in [2.24, 2.45) is 5.73 Å². The van der Waals surface area contributed by atoms with Crippen molar-refractivity contribution in [2.45, 2.75) is 38.8 Å². The largest absolute Gasteiger partial charge is 0.493 e. The van der Waals surface area contributed by atoms with Gasteiger partial charge in [0.2, 0.25) is 0 Å². The maximum absolute atomic E-state index is 5.93. The molecule has 90 valence electrons. The van der Waals surface area contributed by atoms with Gasteiger partial charge < -0.3 is 15.2 Å². The maximum atomic E-state index is 5.93. The number of para-hydroxylation sites is 2. The van der Waals surface area contributed by atoms with Gasteiger partial charge in [0, 0.05) is 12.5 Å². The van der Waals surface area contributed by atoms with Crippen molar-refractivity contribution in [3.05, 3.63) is 24.3 Å². The van der Waals surface area contributed by atoms with Crippen LogP contribution in [0.25, 0.3) is 0 Å². The Kier molecular flexibility index (Phi) is 4.19. The molecule has 0 saturated carbocycles. The first kappa shape index (κ1) is 12.8. The summed E-state index contributed by atoms with van der Waals surface area (Å²) in [4.78, 5) is 0. The fourth-order valence-electron chi connectivity index (χ4n) is 1.82. The van der Waals surface area contributed by atoms with Crippen molar-refractivity contribution in [1.29, 1.82) is 0 Å². The van der Waals surface area contributed by atoms with Crippen LogP contribution in [0, 0.1) is 0 Å². The number of benzene rings is 1. The third-order valence-electron chi connectivity index (χ3n) is 2.27. The van der Waals surface area contributed by atoms with E-state index in [4.69, 9.17) is 15.2 Å². The van der Waals surface area contributed by atoms with Gasteiger partial charge in [0.25, 0.3) is 0 Å². The van der Waals surface area contributed by atoms with Crippen LogP contribution < -0.4 is 15.2 Å². The van der Waals surface area contributed by atoms with E-state index in [1.807, 2.05) is 45.0 Å². The van der Waals surface area contributed by atoms with Crippen LogP contribution in [0.15, 0.2) is 24.3 Å². The second-order valence-electron chi connectivity index (χ2n) is 4.69. The lowest BCUT2D eigenvalue weighted by molar-refractivity contribution is 0.0894. The quantitative estimate of drug-likeness (QED) is 0.834. The fourth-order valence-corrected chi connectivity index (χ4v) is 1.82. The molecular formula is C13H21NO2. The molecule has 2 N–H and O–H groups in total. The van der Waals surface area contributed by atoms with E-state index in [1.54, 1.807) is 7.11 Å². The van der Waals surface area contributed by atoms with Crippen LogP contribution in [-0.2, 0) is 0 Å². The van der Waals surface area contributed by atoms with Crippen LogP contribution in [0.2, 0.25) is 0 Å². The van der Waals surface area contributed by atoms with Gasteiger partial charge in [-0.25, -0.2) is 0 Å². The zero-order valence-electron chi connectivity index (χ0n) is 10.5. The Morgan fingerprint density at radius 2 is 1.81 bits per heavy atom. The van der Waals surface area contributed by atoms with Crippen LogP contribution in [0.5, 0.6) is 11.5 Å². The molecule has 16 heavy (non-hydrogen) atoms. The van der Waals surface area contributed by atoms with Gasteiger partial charge in [-0.05, 0) is 32.9 Å². The SMILES string of the molecule is COc1ccccc1OC(C)(C)CC(C)N. The first-order valence-corrected chi connectivity index (χ1v) is 5.52. The molecule has 0 radical (unpaired) electrons. The molecule has 1 aromatic rings. The Hall–Kier alpha value is -1.22. The molecule has 0 bridgehead atoms. The summed E-state index contributed by atoms with van der Waals surface area (Å²) in [6, 6.07) is 7.76. The van der Waals surface area contributed by atoms with Crippen molar-refractivity contribution < 1.29 is 9.47 Å². The van der Waals surface area contributed by atoms with Gasteiger partial charge in [-0.2, -0.15) is 0 Å². The molecule has 3 nitrogen and oxygen atoms in total. The van der Waals surface area contributed by atoms with E-state index in [2.05, 4.69) is 0 Å². The summed E-state index contributed by atoms with van der Waals surface area (Å²) in [5.41, 5.74) is 5.50. The van der Waals surface area contributed by atoms with Gasteiger partial charge in [-0.3, -0.25) is 0 Å². The Balaban J connectivity index is 2.78. The van der Waals surface area contributed by atoms with E-state index in [0.717, 1.165) is 17.9 Å². The van der Waals surface area contributed by atoms with Crippen molar-refractivity contribution in [3.8, 4) is 11.5 Å². The van der Waals surface area contributed by atoms with Crippen LogP contribution >= 0.6 is 0 Å². The predicted octanol–water partition coefficient (Wildman–Crippen LogP) is 2.59. The Morgan fingerprint density at radius 1 is 1.25 bits per heavy atom. The number of rotatable bonds is 5. The summed E-state index contributed by atoms with van der Waals surface area (Å²) in [6.45, 7) is 6.04. The highest BCUT2D eigenvalue weighted by atomic mass is 16.5. The number of hydrogen-bond acceptors (Lipinski definition) is 3. The molecular weight excluding hydrogens is 202 g/mol. The first-order valence-electron chi connectivity index (χ1n) is 5.52. The topological polar surface area (TPSA) is 44.5 Å². The Bertz CT molecular complexity index is 334. The van der Waals surface area contributed by atoms with Crippen molar-refractivity contribution >= 4 is 0 Å². The van der Waals surface area contributed by atoms with Gasteiger partial charge in [-0.15, -0.1) is 0 Å². The van der Waals surface area contributed by atoms with E-state index in [1.165, 1.54) is 0 Å². The van der Waals surface area contributed by atoms with Crippen LogP contribution in [0.1, 0.15) is 27.2 Å². The lowest BCUT2D eigenvalue weighted by Crippen LogP contribution is -2.35. The van der Waals surface area contributed by atoms with Crippen molar-refractivity contribution in [3.63, 3.8) is 0 Å². The smallest absolute Gasteiger partial charge is 0.161 e. The number of methoxy groups -OCH3 is 1. The highest BCUT2D eigenvalue weighted by molar-refractivity contribution is 5.39. The third-order valence-corrected chi connectivity index (χ3v) is 2.27. The van der Waals surface area contributed by atoms with E-state index >= 15 is 0 Å². The fraction of sp³-hybridized carbons (Fsp3) is 0.538. The van der Waals surface area contributed by atoms with E-state index < -0.39 is 0 Å². The molecule has 0 amide bonds. The molecule has 0 aromatic heterocycles. The maximum Gasteiger partial charge on any atom is 0.161 e. The van der Waals surface area contributed by atoms with E-state index in [9.17, 15) is 0 Å². The molecule has 1 aromatic carbocycles. The molecule has 0 aliphatic carbocycles. The zero-order valence-corrected chi connectivity index (χ0v) is 10.5. The molecule has 1 atom stereocenters. The first-order chi connectivity index (χ1) is 7.44. The molecule has 1 rings (SSSR count). The van der Waals surface area contributed by atoms with Gasteiger partial charge in [0.15, 0.2) is 11.5 Å². The number of ether oxygens (including phenoxy) is 2. The van der Waals surface area contributed by atoms with Gasteiger partial charge in [-0.1, -0.05) is 12.1 Å². The van der Waals surface area contributed by atoms with E-state index in [0.29, 0.717) is 0 Å². The molecule has 0 heterocycles. The van der Waals surface area contributed by atoms with Crippen molar-refractivity contribution in [1.82, 2.24) is 0 Å². The summed E-state index contributed by atoms with van der Waals surface area (Å²) >= 11 is 0. The normalized spacial score (nSPS) is 13.3. The summed E-state index contributed by atoms with van der Waals surface area (Å²) < 4.78 is 11.2. The average Bonchev–Trinajstić information content (AvgIpc) is 2.15. The standard InChI is InChI=1S/C13H21NO2/c1-10(14)9-13(2,3)16-12-8-6-5-7-11(12)15-4/h5-8,10H,9,14H2,1-4H3. The van der Waals surface area contributed by atoms with Crippen LogP contribution in [0.3, 0.4) is 0 Å². The molecule has 0 spiro atoms. The second kappa shape index (κ2) is 5.21. The van der Waals surface area contributed by atoms with Gasteiger partial charge in [0.1, 0.15) is 5.60 Å². The minimum atomic E-state index is -0.289. The highest BCUT2D eigenvalue weighted by Gasteiger charge is 2.22. The highest BCUT2D eigenvalue weighted by Crippen LogP contribution is 2.30. The lowest BCUT2D eigenvalue weighted by atomic mass is 10.0. The molecule has 0 fully saturated rings. The minimum Gasteiger partial charge on any atom is -0.493 e. The van der Waals surface area contributed by atoms with Crippen LogP contribution in [0.4, 0.5) is 0 Å². The Labute approximate surface area is 97.6 Å². The van der Waals surface area contributed by atoms with Crippen LogP contribution in [-0.4, -0.2) is 18.8 Å². The van der Waals surface area contributed by atoms with Crippen molar-refractivity contribution in [2.75, 3.05) is 7.11 Å². The monoisotopic (exact) mass is 223 g/mol. The summed E-state index contributed by atoms with van der Waals surface area (Å²) in [5, 5.41) is 0. The zero-order chi connectivity index (χ0) is 12.2. The molecule has 0 aliphatic heterocycles. The number of hydrogen-bond donors (Lipinski definition) is 1. The lowest BCUT2D eigenvalue weighted by Gasteiger charge is -2.28. The van der Waals surface area contributed by atoms with Gasteiger partial charge in [0.05, 0.1) is 7.11 Å². The van der Waals surface area contributed by atoms with E-state index in [-0.39, 0.29) is 11.6 Å². The second-order valence-corrected chi connectivity index (χ2v) is 4.69. The predicted molar refractivity (Wildman–Crippen MR) is 66.0 cm³/mol. The molecule has 0 aliphatic rings. The van der Waals surface area contributed by atoms with Gasteiger partial charge >= 0.3 is 0 Å². The molecule has 1 unspecified atom stereocenters. The molecule has 0 saturated heterocycles. The molecule has 3 heteroatoms. The third kappa shape index (κ3) is 3.74. The number of nitrogens with two attached hydrogens (primary N) is 1. The summed E-state index contributed by atoms with van der Waals surface area (Å²) in [5.74, 6) is 1.51. The summed E-state index contributed by atoms with van der Waals surface area (Å²) in [6.07, 6.45) is 0.797. The Morgan fingerprint density at radius 3 is 2.31 bits per heavy atom. The summed E-state index contributed by atoms with van der Waals surface area (Å²) in [7, 11) is 1.64. The average molecular weight is 223 g/mol.